The highest BCUT2D eigenvalue weighted by Gasteiger charge is 2.23. The number of benzene rings is 1. The molecule has 1 saturated heterocycles. The molecular weight excluding hydrogens is 437 g/mol. The fourth-order valence-corrected chi connectivity index (χ4v) is 3.83. The summed E-state index contributed by atoms with van der Waals surface area (Å²) in [6.45, 7) is 1.89. The number of fused-ring (bicyclic) bond motifs is 1. The molecule has 0 amide bonds. The Morgan fingerprint density at radius 2 is 1.94 bits per heavy atom. The lowest BCUT2D eigenvalue weighted by atomic mass is 10.1. The molecule has 10 heteroatoms. The van der Waals surface area contributed by atoms with Crippen molar-refractivity contribution in [2.24, 2.45) is 0 Å². The highest BCUT2D eigenvalue weighted by molar-refractivity contribution is 6.30. The normalized spacial score (nSPS) is 16.1. The fraction of sp³-hybridized carbons (Fsp3) is 0.238. The van der Waals surface area contributed by atoms with Crippen LogP contribution in [0, 0.1) is 0 Å². The van der Waals surface area contributed by atoms with Crippen molar-refractivity contribution in [1.29, 1.82) is 0 Å². The Hall–Kier alpha value is -2.94. The van der Waals surface area contributed by atoms with Gasteiger partial charge in [0.25, 0.3) is 0 Å². The van der Waals surface area contributed by atoms with Gasteiger partial charge in [-0.3, -0.25) is 0 Å². The van der Waals surface area contributed by atoms with Crippen LogP contribution in [-0.4, -0.2) is 37.8 Å². The molecule has 0 saturated carbocycles. The van der Waals surface area contributed by atoms with Gasteiger partial charge in [0, 0.05) is 24.4 Å². The number of hydrogen-bond acceptors (Lipinski definition) is 7. The highest BCUT2D eigenvalue weighted by atomic mass is 35.5. The minimum atomic E-state index is 0. The van der Waals surface area contributed by atoms with Gasteiger partial charge < -0.3 is 15.8 Å². The Bertz CT molecular complexity index is 1170. The second kappa shape index (κ2) is 9.05. The van der Waals surface area contributed by atoms with E-state index in [1.54, 1.807) is 18.3 Å². The molecule has 5 rings (SSSR count). The van der Waals surface area contributed by atoms with Crippen molar-refractivity contribution in [1.82, 2.24) is 30.0 Å². The zero-order valence-corrected chi connectivity index (χ0v) is 18.1. The lowest BCUT2D eigenvalue weighted by Gasteiger charge is -2.23. The van der Waals surface area contributed by atoms with Crippen molar-refractivity contribution in [3.8, 4) is 22.9 Å². The number of ether oxygens (including phenoxy) is 1. The van der Waals surface area contributed by atoms with Crippen molar-refractivity contribution in [3.05, 3.63) is 53.9 Å². The maximum atomic E-state index is 6.22. The lowest BCUT2D eigenvalue weighted by Crippen LogP contribution is -2.32. The lowest BCUT2D eigenvalue weighted by molar-refractivity contribution is 0.354. The maximum Gasteiger partial charge on any atom is 0.219 e. The molecule has 4 aromatic rings. The van der Waals surface area contributed by atoms with Crippen molar-refractivity contribution < 1.29 is 4.74 Å². The summed E-state index contributed by atoms with van der Waals surface area (Å²) < 4.78 is 7.77. The van der Waals surface area contributed by atoms with E-state index in [0.29, 0.717) is 22.5 Å². The minimum Gasteiger partial charge on any atom is -0.439 e. The van der Waals surface area contributed by atoms with E-state index < -0.39 is 0 Å². The quantitative estimate of drug-likeness (QED) is 0.471. The standard InChI is InChI=1S/C21H20ClN7O.ClH/c22-14-5-8-17(25-10-14)30-16-6-3-13(4-7-16)19-18-20(23)26-12-27-21(18)29(28-19)15-2-1-9-24-11-15;/h3-8,10,12,15,24H,1-2,9,11H2,(H2,23,26,27);1H/t15-;/m1./s1. The van der Waals surface area contributed by atoms with Crippen molar-refractivity contribution in [2.75, 3.05) is 18.8 Å². The first-order chi connectivity index (χ1) is 14.7. The molecule has 0 radical (unpaired) electrons. The van der Waals surface area contributed by atoms with Crippen LogP contribution in [0.4, 0.5) is 5.82 Å². The van der Waals surface area contributed by atoms with Gasteiger partial charge in [0.05, 0.1) is 16.5 Å². The van der Waals surface area contributed by atoms with Gasteiger partial charge in [0.1, 0.15) is 23.6 Å². The van der Waals surface area contributed by atoms with Gasteiger partial charge >= 0.3 is 0 Å². The molecule has 1 aromatic carbocycles. The van der Waals surface area contributed by atoms with Gasteiger partial charge in [-0.15, -0.1) is 12.4 Å². The summed E-state index contributed by atoms with van der Waals surface area (Å²) >= 11 is 5.87. The third-order valence-corrected chi connectivity index (χ3v) is 5.41. The van der Waals surface area contributed by atoms with Gasteiger partial charge in [-0.25, -0.2) is 19.6 Å². The maximum absolute atomic E-state index is 6.22. The minimum absolute atomic E-state index is 0. The summed E-state index contributed by atoms with van der Waals surface area (Å²) in [5.41, 5.74) is 8.66. The Labute approximate surface area is 190 Å². The van der Waals surface area contributed by atoms with Crippen LogP contribution >= 0.6 is 24.0 Å². The van der Waals surface area contributed by atoms with Gasteiger partial charge in [-0.2, -0.15) is 5.10 Å². The largest absolute Gasteiger partial charge is 0.439 e. The van der Waals surface area contributed by atoms with E-state index >= 15 is 0 Å². The molecule has 0 aliphatic carbocycles. The molecule has 31 heavy (non-hydrogen) atoms. The monoisotopic (exact) mass is 457 g/mol. The number of halogens is 2. The number of pyridine rings is 1. The second-order valence-electron chi connectivity index (χ2n) is 7.19. The smallest absolute Gasteiger partial charge is 0.219 e. The summed E-state index contributed by atoms with van der Waals surface area (Å²) in [6, 6.07) is 11.3. The molecule has 0 bridgehead atoms. The number of nitrogens with zero attached hydrogens (tertiary/aromatic N) is 5. The zero-order chi connectivity index (χ0) is 20.5. The van der Waals surface area contributed by atoms with E-state index in [9.17, 15) is 0 Å². The molecule has 1 aliphatic heterocycles. The van der Waals surface area contributed by atoms with Crippen molar-refractivity contribution >= 4 is 40.9 Å². The number of aromatic nitrogens is 5. The Balaban J connectivity index is 0.00000231. The predicted molar refractivity (Wildman–Crippen MR) is 123 cm³/mol. The average molecular weight is 458 g/mol. The Morgan fingerprint density at radius 1 is 1.10 bits per heavy atom. The first kappa shape index (κ1) is 21.3. The Kier molecular flexibility index (Phi) is 6.22. The van der Waals surface area contributed by atoms with Crippen LogP contribution in [-0.2, 0) is 0 Å². The van der Waals surface area contributed by atoms with Crippen LogP contribution in [0.25, 0.3) is 22.3 Å². The van der Waals surface area contributed by atoms with Crippen LogP contribution in [0.15, 0.2) is 48.9 Å². The summed E-state index contributed by atoms with van der Waals surface area (Å²) in [5, 5.41) is 9.66. The molecule has 1 atom stereocenters. The predicted octanol–water partition coefficient (Wildman–Crippen LogP) is 4.26. The van der Waals surface area contributed by atoms with Gasteiger partial charge in [0.15, 0.2) is 5.65 Å². The van der Waals surface area contributed by atoms with E-state index in [1.165, 1.54) is 6.33 Å². The first-order valence-corrected chi connectivity index (χ1v) is 10.2. The van der Waals surface area contributed by atoms with Crippen LogP contribution in [0.5, 0.6) is 11.6 Å². The van der Waals surface area contributed by atoms with Gasteiger partial charge in [-0.05, 0) is 49.7 Å². The van der Waals surface area contributed by atoms with Gasteiger partial charge in [-0.1, -0.05) is 11.6 Å². The number of nitrogens with two attached hydrogens (primary N) is 1. The third-order valence-electron chi connectivity index (χ3n) is 5.19. The van der Waals surface area contributed by atoms with Crippen molar-refractivity contribution in [2.45, 2.75) is 18.9 Å². The second-order valence-corrected chi connectivity index (χ2v) is 7.63. The van der Waals surface area contributed by atoms with Crippen molar-refractivity contribution in [3.63, 3.8) is 0 Å². The summed E-state index contributed by atoms with van der Waals surface area (Å²) in [5.74, 6) is 1.57. The van der Waals surface area contributed by atoms with E-state index in [0.717, 1.165) is 48.2 Å². The van der Waals surface area contributed by atoms with Crippen LogP contribution in [0.2, 0.25) is 5.02 Å². The Morgan fingerprint density at radius 3 is 2.65 bits per heavy atom. The van der Waals surface area contributed by atoms with E-state index in [1.807, 2.05) is 28.9 Å². The third kappa shape index (κ3) is 4.27. The summed E-state index contributed by atoms with van der Waals surface area (Å²) in [6.07, 6.45) is 5.19. The van der Waals surface area contributed by atoms with Gasteiger partial charge in [0.2, 0.25) is 5.88 Å². The molecule has 8 nitrogen and oxygen atoms in total. The topological polar surface area (TPSA) is 104 Å². The number of hydrogen-bond donors (Lipinski definition) is 2. The molecule has 1 fully saturated rings. The first-order valence-electron chi connectivity index (χ1n) is 9.78. The number of anilines is 1. The highest BCUT2D eigenvalue weighted by Crippen LogP contribution is 2.34. The SMILES string of the molecule is Cl.Nc1ncnc2c1c(-c1ccc(Oc3ccc(Cl)cn3)cc1)nn2[C@@H]1CCCNC1. The molecule has 0 spiro atoms. The summed E-state index contributed by atoms with van der Waals surface area (Å²) in [4.78, 5) is 12.8. The number of rotatable bonds is 4. The molecular formula is C21H21Cl2N7O. The van der Waals surface area contributed by atoms with Crippen LogP contribution in [0.3, 0.4) is 0 Å². The molecule has 160 valence electrons. The summed E-state index contributed by atoms with van der Waals surface area (Å²) in [7, 11) is 0. The number of nitrogen functional groups attached to an aromatic ring is 1. The molecule has 4 heterocycles. The molecule has 3 aromatic heterocycles. The van der Waals surface area contributed by atoms with Crippen LogP contribution < -0.4 is 15.8 Å². The molecule has 0 unspecified atom stereocenters. The molecule has 3 N–H and O–H groups in total. The van der Waals surface area contributed by atoms with E-state index in [2.05, 4.69) is 20.3 Å². The average Bonchev–Trinajstić information content (AvgIpc) is 3.18. The zero-order valence-electron chi connectivity index (χ0n) is 16.5. The van der Waals surface area contributed by atoms with Crippen LogP contribution in [0.1, 0.15) is 18.9 Å². The number of piperidine rings is 1. The van der Waals surface area contributed by atoms with E-state index in [4.69, 9.17) is 27.2 Å². The fourth-order valence-electron chi connectivity index (χ4n) is 3.72. The number of nitrogens with one attached hydrogen (secondary N) is 1. The van der Waals surface area contributed by atoms with E-state index in [-0.39, 0.29) is 18.4 Å². The molecule has 1 aliphatic rings.